The van der Waals surface area contributed by atoms with Gasteiger partial charge in [0.15, 0.2) is 11.5 Å². The van der Waals surface area contributed by atoms with Gasteiger partial charge < -0.3 is 19.5 Å². The third-order valence-corrected chi connectivity index (χ3v) is 3.28. The van der Waals surface area contributed by atoms with Gasteiger partial charge in [-0.15, -0.1) is 0 Å². The number of hydrogen-bond acceptors (Lipinski definition) is 4. The lowest BCUT2D eigenvalue weighted by Crippen LogP contribution is -2.80. The zero-order chi connectivity index (χ0) is 15.1. The van der Waals surface area contributed by atoms with Crippen LogP contribution >= 0.6 is 0 Å². The molecule has 0 unspecified atom stereocenters. The maximum Gasteiger partial charge on any atom is 0.164 e. The predicted octanol–water partition coefficient (Wildman–Crippen LogP) is 1.37. The van der Waals surface area contributed by atoms with Crippen LogP contribution in [-0.2, 0) is 13.1 Å². The first-order valence-corrected chi connectivity index (χ1v) is 6.78. The number of methoxy groups -OCH3 is 3. The molecule has 0 spiro atoms. The molecule has 0 aliphatic carbocycles. The normalized spacial score (nSPS) is 10.2. The number of ether oxygens (including phenoxy) is 3. The molecule has 1 heterocycles. The Hall–Kier alpha value is -2.27. The van der Waals surface area contributed by atoms with Gasteiger partial charge in [-0.1, -0.05) is 0 Å². The van der Waals surface area contributed by atoms with E-state index in [-0.39, 0.29) is 0 Å². The molecule has 0 fully saturated rings. The summed E-state index contributed by atoms with van der Waals surface area (Å²) < 4.78 is 16.0. The molecule has 1 aromatic carbocycles. The van der Waals surface area contributed by atoms with Gasteiger partial charge in [-0.2, -0.15) is 0 Å². The number of nitrogens with two attached hydrogens (primary N) is 1. The quantitative estimate of drug-likeness (QED) is 0.836. The molecule has 0 saturated carbocycles. The number of aromatic nitrogens is 1. The van der Waals surface area contributed by atoms with Crippen LogP contribution in [0.5, 0.6) is 17.2 Å². The molecule has 5 nitrogen and oxygen atoms in total. The monoisotopic (exact) mass is 289 g/mol. The Morgan fingerprint density at radius 1 is 0.857 bits per heavy atom. The van der Waals surface area contributed by atoms with Crippen molar-refractivity contribution in [1.82, 2.24) is 4.98 Å². The second-order valence-electron chi connectivity index (χ2n) is 4.57. The molecule has 1 aromatic heterocycles. The topological polar surface area (TPSA) is 57.2 Å². The van der Waals surface area contributed by atoms with Crippen molar-refractivity contribution < 1.29 is 19.5 Å². The fourth-order valence-corrected chi connectivity index (χ4v) is 2.17. The number of hydrogen-bond donors (Lipinski definition) is 1. The van der Waals surface area contributed by atoms with Crippen molar-refractivity contribution in [3.05, 3.63) is 47.8 Å². The molecule has 2 rings (SSSR count). The Balaban J connectivity index is 2.08. The average Bonchev–Trinajstić information content (AvgIpc) is 2.55. The van der Waals surface area contributed by atoms with Gasteiger partial charge in [0.25, 0.3) is 0 Å². The first-order valence-electron chi connectivity index (χ1n) is 6.78. The van der Waals surface area contributed by atoms with Crippen LogP contribution < -0.4 is 19.5 Å². The second-order valence-corrected chi connectivity index (χ2v) is 4.57. The van der Waals surface area contributed by atoms with Crippen molar-refractivity contribution >= 4 is 0 Å². The van der Waals surface area contributed by atoms with Crippen LogP contribution in [0.2, 0.25) is 0 Å². The minimum atomic E-state index is 0.673. The van der Waals surface area contributed by atoms with E-state index in [1.807, 2.05) is 24.3 Å². The highest BCUT2D eigenvalue weighted by molar-refractivity contribution is 5.50. The molecule has 2 aromatic rings. The molecule has 0 aliphatic rings. The van der Waals surface area contributed by atoms with Gasteiger partial charge in [0.1, 0.15) is 18.8 Å². The summed E-state index contributed by atoms with van der Waals surface area (Å²) in [5.74, 6) is 2.19. The minimum absolute atomic E-state index is 0.673. The van der Waals surface area contributed by atoms with Crippen molar-refractivity contribution in [3.8, 4) is 17.2 Å². The van der Waals surface area contributed by atoms with E-state index < -0.39 is 0 Å². The van der Waals surface area contributed by atoms with Crippen molar-refractivity contribution in [3.63, 3.8) is 0 Å². The molecule has 0 radical (unpaired) electrons. The van der Waals surface area contributed by atoms with E-state index in [4.69, 9.17) is 14.2 Å². The molecule has 0 saturated heterocycles. The standard InChI is InChI=1S/C16H20N2O3/c1-19-14-9-16(21-3)15(20-2)8-13(14)11-18-10-12-4-6-17-7-5-12/h4-9,18H,10-11H2,1-3H3/p+1. The summed E-state index contributed by atoms with van der Waals surface area (Å²) in [5.41, 5.74) is 2.31. The SMILES string of the molecule is COc1cc(OC)c(OC)cc1C[NH2+]Cc1ccncc1. The highest BCUT2D eigenvalue weighted by Gasteiger charge is 2.12. The lowest BCUT2D eigenvalue weighted by Gasteiger charge is -2.13. The van der Waals surface area contributed by atoms with E-state index in [1.54, 1.807) is 33.7 Å². The van der Waals surface area contributed by atoms with Gasteiger partial charge in [0.05, 0.1) is 26.9 Å². The highest BCUT2D eigenvalue weighted by atomic mass is 16.5. The molecule has 2 N–H and O–H groups in total. The number of rotatable bonds is 7. The van der Waals surface area contributed by atoms with E-state index in [0.717, 1.165) is 24.4 Å². The summed E-state index contributed by atoms with van der Waals surface area (Å²) in [6, 6.07) is 7.85. The summed E-state index contributed by atoms with van der Waals surface area (Å²) in [5, 5.41) is 2.21. The highest BCUT2D eigenvalue weighted by Crippen LogP contribution is 2.34. The predicted molar refractivity (Wildman–Crippen MR) is 79.7 cm³/mol. The van der Waals surface area contributed by atoms with Gasteiger partial charge in [0.2, 0.25) is 0 Å². The summed E-state index contributed by atoms with van der Waals surface area (Å²) in [6.07, 6.45) is 3.61. The number of quaternary nitrogens is 1. The third-order valence-electron chi connectivity index (χ3n) is 3.28. The van der Waals surface area contributed by atoms with Crippen molar-refractivity contribution in [1.29, 1.82) is 0 Å². The number of benzene rings is 1. The summed E-state index contributed by atoms with van der Waals surface area (Å²) in [4.78, 5) is 4.02. The Bertz CT molecular complexity index is 573. The van der Waals surface area contributed by atoms with Crippen LogP contribution in [0.3, 0.4) is 0 Å². The molecule has 0 atom stereocenters. The molecule has 0 aliphatic heterocycles. The zero-order valence-electron chi connectivity index (χ0n) is 12.6. The van der Waals surface area contributed by atoms with Gasteiger partial charge in [0, 0.05) is 24.0 Å². The lowest BCUT2D eigenvalue weighted by atomic mass is 10.1. The Kier molecular flexibility index (Phi) is 5.40. The van der Waals surface area contributed by atoms with Crippen LogP contribution in [0.1, 0.15) is 11.1 Å². The Morgan fingerprint density at radius 3 is 2.10 bits per heavy atom. The van der Waals surface area contributed by atoms with Crippen LogP contribution in [-0.4, -0.2) is 26.3 Å². The third kappa shape index (κ3) is 3.86. The van der Waals surface area contributed by atoms with Gasteiger partial charge >= 0.3 is 0 Å². The molecule has 5 heteroatoms. The molecular formula is C16H21N2O3+. The van der Waals surface area contributed by atoms with Crippen molar-refractivity contribution in [2.45, 2.75) is 13.1 Å². The number of pyridine rings is 1. The van der Waals surface area contributed by atoms with E-state index >= 15 is 0 Å². The first kappa shape index (κ1) is 15.1. The summed E-state index contributed by atoms with van der Waals surface area (Å²) in [7, 11) is 4.91. The molecule has 0 amide bonds. The molecule has 112 valence electrons. The van der Waals surface area contributed by atoms with Crippen LogP contribution in [0.25, 0.3) is 0 Å². The molecule has 21 heavy (non-hydrogen) atoms. The van der Waals surface area contributed by atoms with E-state index in [0.29, 0.717) is 11.5 Å². The van der Waals surface area contributed by atoms with Crippen LogP contribution in [0.4, 0.5) is 0 Å². The fraction of sp³-hybridized carbons (Fsp3) is 0.312. The smallest absolute Gasteiger partial charge is 0.164 e. The molecule has 0 bridgehead atoms. The van der Waals surface area contributed by atoms with Crippen molar-refractivity contribution in [2.24, 2.45) is 0 Å². The lowest BCUT2D eigenvalue weighted by molar-refractivity contribution is -0.686. The van der Waals surface area contributed by atoms with E-state index in [2.05, 4.69) is 10.3 Å². The Morgan fingerprint density at radius 2 is 1.48 bits per heavy atom. The van der Waals surface area contributed by atoms with E-state index in [1.165, 1.54) is 5.56 Å². The van der Waals surface area contributed by atoms with Gasteiger partial charge in [-0.3, -0.25) is 4.98 Å². The van der Waals surface area contributed by atoms with E-state index in [9.17, 15) is 0 Å². The number of nitrogens with zero attached hydrogens (tertiary/aromatic N) is 1. The Labute approximate surface area is 124 Å². The average molecular weight is 289 g/mol. The van der Waals surface area contributed by atoms with Gasteiger partial charge in [-0.05, 0) is 18.2 Å². The zero-order valence-corrected chi connectivity index (χ0v) is 12.6. The minimum Gasteiger partial charge on any atom is -0.496 e. The van der Waals surface area contributed by atoms with Gasteiger partial charge in [-0.25, -0.2) is 0 Å². The second kappa shape index (κ2) is 7.50. The van der Waals surface area contributed by atoms with Crippen LogP contribution in [0, 0.1) is 0 Å². The maximum atomic E-state index is 5.42. The molecular weight excluding hydrogens is 268 g/mol. The fourth-order valence-electron chi connectivity index (χ4n) is 2.17. The van der Waals surface area contributed by atoms with Crippen molar-refractivity contribution in [2.75, 3.05) is 21.3 Å². The summed E-state index contributed by atoms with van der Waals surface area (Å²) >= 11 is 0. The van der Waals surface area contributed by atoms with Crippen LogP contribution in [0.15, 0.2) is 36.7 Å². The largest absolute Gasteiger partial charge is 0.496 e. The first-order chi connectivity index (χ1) is 10.3. The summed E-state index contributed by atoms with van der Waals surface area (Å²) in [6.45, 7) is 1.69. The maximum absolute atomic E-state index is 5.42.